The van der Waals surface area contributed by atoms with Crippen LogP contribution in [0.2, 0.25) is 0 Å². The summed E-state index contributed by atoms with van der Waals surface area (Å²) < 4.78 is 0.892. The molecule has 1 aliphatic rings. The summed E-state index contributed by atoms with van der Waals surface area (Å²) in [4.78, 5) is 18.3. The second-order valence-corrected chi connectivity index (χ2v) is 5.55. The van der Waals surface area contributed by atoms with Crippen LogP contribution in [-0.4, -0.2) is 57.5 Å². The van der Waals surface area contributed by atoms with E-state index in [0.717, 1.165) is 53.5 Å². The highest BCUT2D eigenvalue weighted by Crippen LogP contribution is 2.04. The fourth-order valence-electron chi connectivity index (χ4n) is 1.90. The first-order valence-electron chi connectivity index (χ1n) is 6.14. The molecule has 5 heteroatoms. The SMILES string of the molecule is CC(C)N1CCCN=[C]([AlH2])NC(=O)CCC1. The van der Waals surface area contributed by atoms with Crippen molar-refractivity contribution in [3.05, 3.63) is 0 Å². The molecule has 0 fully saturated rings. The molecular formula is C11H22AlN3O. The molecule has 1 rings (SSSR count). The zero-order valence-electron chi connectivity index (χ0n) is 10.6. The predicted octanol–water partition coefficient (Wildman–Crippen LogP) is -0.0140. The predicted molar refractivity (Wildman–Crippen MR) is 69.5 cm³/mol. The van der Waals surface area contributed by atoms with Crippen LogP contribution in [0.3, 0.4) is 0 Å². The van der Waals surface area contributed by atoms with Crippen molar-refractivity contribution in [2.75, 3.05) is 19.6 Å². The number of amidine groups is 1. The van der Waals surface area contributed by atoms with E-state index in [2.05, 4.69) is 29.1 Å². The maximum Gasteiger partial charge on any atom is 0.317 e. The summed E-state index contributed by atoms with van der Waals surface area (Å²) in [7, 11) is 0. The second kappa shape index (κ2) is 7.06. The van der Waals surface area contributed by atoms with Gasteiger partial charge >= 0.3 is 16.3 Å². The molecule has 0 radical (unpaired) electrons. The summed E-state index contributed by atoms with van der Waals surface area (Å²) in [5.41, 5.74) is 0. The lowest BCUT2D eigenvalue weighted by atomic mass is 10.2. The fourth-order valence-corrected chi connectivity index (χ4v) is 2.40. The van der Waals surface area contributed by atoms with Crippen molar-refractivity contribution in [2.45, 2.75) is 39.2 Å². The maximum absolute atomic E-state index is 11.5. The van der Waals surface area contributed by atoms with Crippen molar-refractivity contribution in [1.82, 2.24) is 10.2 Å². The van der Waals surface area contributed by atoms with Gasteiger partial charge in [-0.05, 0) is 33.2 Å². The quantitative estimate of drug-likeness (QED) is 0.654. The van der Waals surface area contributed by atoms with E-state index in [9.17, 15) is 4.79 Å². The molecule has 1 heterocycles. The topological polar surface area (TPSA) is 44.7 Å². The van der Waals surface area contributed by atoms with E-state index in [0.29, 0.717) is 12.5 Å². The van der Waals surface area contributed by atoms with Gasteiger partial charge in [-0.15, -0.1) is 0 Å². The smallest absolute Gasteiger partial charge is 0.317 e. The van der Waals surface area contributed by atoms with Crippen LogP contribution in [0.1, 0.15) is 33.1 Å². The Labute approximate surface area is 106 Å². The number of nitrogens with zero attached hydrogens (tertiary/aromatic N) is 2. The fraction of sp³-hybridized carbons (Fsp3) is 0.818. The molecule has 4 nitrogen and oxygen atoms in total. The van der Waals surface area contributed by atoms with Crippen molar-refractivity contribution >= 4 is 26.9 Å². The number of carbonyl (C=O) groups is 1. The summed E-state index contributed by atoms with van der Waals surface area (Å²) >= 11 is 0.827. The zero-order chi connectivity index (χ0) is 12.0. The Morgan fingerprint density at radius 2 is 2.06 bits per heavy atom. The van der Waals surface area contributed by atoms with Crippen molar-refractivity contribution in [3.8, 4) is 0 Å². The molecule has 1 N–H and O–H groups in total. The Morgan fingerprint density at radius 3 is 2.75 bits per heavy atom. The molecule has 1 amide bonds. The number of hydrogen-bond donors (Lipinski definition) is 1. The number of amides is 1. The summed E-state index contributed by atoms with van der Waals surface area (Å²) in [6.45, 7) is 7.36. The van der Waals surface area contributed by atoms with Crippen LogP contribution in [0.4, 0.5) is 0 Å². The minimum Gasteiger partial charge on any atom is -0.331 e. The van der Waals surface area contributed by atoms with Gasteiger partial charge in [-0.3, -0.25) is 9.79 Å². The van der Waals surface area contributed by atoms with Crippen LogP contribution in [0.5, 0.6) is 0 Å². The van der Waals surface area contributed by atoms with Gasteiger partial charge in [0, 0.05) is 30.2 Å². The van der Waals surface area contributed by atoms with Crippen LogP contribution in [0, 0.1) is 0 Å². The lowest BCUT2D eigenvalue weighted by Gasteiger charge is -2.25. The van der Waals surface area contributed by atoms with Gasteiger partial charge in [-0.2, -0.15) is 0 Å². The molecular weight excluding hydrogens is 217 g/mol. The van der Waals surface area contributed by atoms with Gasteiger partial charge in [-0.25, -0.2) is 0 Å². The largest absolute Gasteiger partial charge is 0.331 e. The van der Waals surface area contributed by atoms with E-state index >= 15 is 0 Å². The highest BCUT2D eigenvalue weighted by Gasteiger charge is 2.11. The standard InChI is InChI=1S/C11H20N3O.Al.2H/c1-10(2)14-7-3-5-11(15)13-9-12-6-4-8-14;;;/h10H,3-8H2,1-2H3,(H,12,13,15);;;. The van der Waals surface area contributed by atoms with E-state index < -0.39 is 0 Å². The third-order valence-electron chi connectivity index (χ3n) is 2.85. The molecule has 0 bridgehead atoms. The van der Waals surface area contributed by atoms with Crippen LogP contribution in [-0.2, 0) is 4.79 Å². The van der Waals surface area contributed by atoms with E-state index in [1.165, 1.54) is 0 Å². The van der Waals surface area contributed by atoms with Crippen molar-refractivity contribution in [2.24, 2.45) is 4.99 Å². The molecule has 90 valence electrons. The van der Waals surface area contributed by atoms with Gasteiger partial charge in [0.05, 0.1) is 0 Å². The lowest BCUT2D eigenvalue weighted by Crippen LogP contribution is -2.34. The summed E-state index contributed by atoms with van der Waals surface area (Å²) in [6.07, 6.45) is 2.64. The molecule has 0 atom stereocenters. The normalized spacial score (nSPS) is 21.2. The van der Waals surface area contributed by atoms with E-state index in [1.54, 1.807) is 0 Å². The van der Waals surface area contributed by atoms with Gasteiger partial charge in [-0.1, -0.05) is 0 Å². The third-order valence-corrected chi connectivity index (χ3v) is 3.42. The van der Waals surface area contributed by atoms with E-state index in [4.69, 9.17) is 0 Å². The van der Waals surface area contributed by atoms with Gasteiger partial charge in [0.1, 0.15) is 0 Å². The highest BCUT2D eigenvalue weighted by molar-refractivity contribution is 6.60. The van der Waals surface area contributed by atoms with Crippen LogP contribution in [0.25, 0.3) is 0 Å². The van der Waals surface area contributed by atoms with Gasteiger partial charge in [0.15, 0.2) is 0 Å². The third kappa shape index (κ3) is 5.11. The molecule has 0 saturated heterocycles. The first kappa shape index (κ1) is 13.7. The van der Waals surface area contributed by atoms with Crippen LogP contribution < -0.4 is 5.32 Å². The van der Waals surface area contributed by atoms with Gasteiger partial charge < -0.3 is 10.2 Å². The van der Waals surface area contributed by atoms with Crippen LogP contribution in [0.15, 0.2) is 4.99 Å². The van der Waals surface area contributed by atoms with E-state index in [-0.39, 0.29) is 5.91 Å². The molecule has 0 aromatic heterocycles. The first-order valence-corrected chi connectivity index (χ1v) is 7.14. The van der Waals surface area contributed by atoms with Gasteiger partial charge in [0.25, 0.3) is 0 Å². The highest BCUT2D eigenvalue weighted by atomic mass is 27.0. The Bertz CT molecular complexity index is 266. The summed E-state index contributed by atoms with van der Waals surface area (Å²) in [5.74, 6) is 0.124. The second-order valence-electron chi connectivity index (χ2n) is 4.60. The molecule has 1 aliphatic heterocycles. The first-order chi connectivity index (χ1) is 7.59. The van der Waals surface area contributed by atoms with Crippen LogP contribution >= 0.6 is 0 Å². The minimum absolute atomic E-state index is 0.124. The van der Waals surface area contributed by atoms with E-state index in [1.807, 2.05) is 0 Å². The number of carbonyl (C=O) groups excluding carboxylic acids is 1. The molecule has 0 spiro atoms. The van der Waals surface area contributed by atoms with Crippen molar-refractivity contribution in [1.29, 1.82) is 0 Å². The maximum atomic E-state index is 11.5. The molecule has 0 saturated carbocycles. The Balaban J connectivity index is 2.54. The summed E-state index contributed by atoms with van der Waals surface area (Å²) in [6, 6.07) is 0.559. The van der Waals surface area contributed by atoms with Crippen molar-refractivity contribution in [3.63, 3.8) is 0 Å². The average molecular weight is 239 g/mol. The number of aliphatic imine (C=N–C) groups is 1. The molecule has 0 aromatic carbocycles. The Kier molecular flexibility index (Phi) is 6.04. The molecule has 0 aliphatic carbocycles. The van der Waals surface area contributed by atoms with Gasteiger partial charge in [0.2, 0.25) is 5.91 Å². The Morgan fingerprint density at radius 1 is 1.38 bits per heavy atom. The monoisotopic (exact) mass is 239 g/mol. The number of rotatable bonds is 1. The Hall–Kier alpha value is -0.368. The number of nitrogens with one attached hydrogen (secondary N) is 1. The lowest BCUT2D eigenvalue weighted by molar-refractivity contribution is -0.119. The molecule has 16 heavy (non-hydrogen) atoms. The zero-order valence-corrected chi connectivity index (χ0v) is 12.6. The average Bonchev–Trinajstić information content (AvgIpc) is 2.23. The molecule has 0 unspecified atom stereocenters. The minimum atomic E-state index is 0.124. The molecule has 0 aromatic rings. The number of hydrogen-bond acceptors (Lipinski definition) is 3. The van der Waals surface area contributed by atoms with Crippen molar-refractivity contribution < 1.29 is 4.79 Å². The summed E-state index contributed by atoms with van der Waals surface area (Å²) in [5, 5.41) is 2.88.